The van der Waals surface area contributed by atoms with Crippen LogP contribution >= 0.6 is 0 Å². The van der Waals surface area contributed by atoms with Gasteiger partial charge in [0.25, 0.3) is 0 Å². The average Bonchev–Trinajstić information content (AvgIpc) is 2.83. The Hall–Kier alpha value is -3.73. The van der Waals surface area contributed by atoms with Crippen LogP contribution in [-0.4, -0.2) is 10.9 Å². The number of carbonyl (C=O) groups is 1. The highest BCUT2D eigenvalue weighted by Gasteiger charge is 2.25. The van der Waals surface area contributed by atoms with E-state index in [1.54, 1.807) is 6.07 Å². The molecule has 5 nitrogen and oxygen atoms in total. The highest BCUT2D eigenvalue weighted by atomic mass is 16.4. The van der Waals surface area contributed by atoms with Gasteiger partial charge in [0.05, 0.1) is 10.9 Å². The van der Waals surface area contributed by atoms with Crippen molar-refractivity contribution < 1.29 is 9.21 Å². The second kappa shape index (κ2) is 10.5. The van der Waals surface area contributed by atoms with E-state index in [0.717, 1.165) is 5.56 Å². The molecule has 0 aliphatic rings. The molecule has 1 N–H and O–H groups in total. The molecule has 1 aromatic heterocycles. The Morgan fingerprint density at radius 3 is 2.12 bits per heavy atom. The molecule has 0 spiro atoms. The molecule has 0 saturated heterocycles. The third kappa shape index (κ3) is 5.25. The Kier molecular flexibility index (Phi) is 7.21. The average molecular weight is 455 g/mol. The number of nitrogens with zero attached hydrogens (tertiary/aromatic N) is 1. The van der Waals surface area contributed by atoms with Crippen molar-refractivity contribution in [3.8, 4) is 0 Å². The van der Waals surface area contributed by atoms with E-state index in [1.165, 1.54) is 11.1 Å². The standard InChI is InChI=1S/C29H30N2O3/c1-19(2)27(28-30-24-16-10-11-20(3)26(24)29(33)34-28)31-25(32)18-17-23(21-12-6-4-7-13-21)22-14-8-5-9-15-22/h4-16,19,23,27H,17-18H2,1-3H3,(H,31,32). The number of aryl methyl sites for hydroxylation is 1. The van der Waals surface area contributed by atoms with E-state index in [-0.39, 0.29) is 23.6 Å². The number of benzene rings is 3. The SMILES string of the molecule is Cc1cccc2nc(C(NC(=O)CCC(c3ccccc3)c3ccccc3)C(C)C)oc(=O)c12. The number of aromatic nitrogens is 1. The van der Waals surface area contributed by atoms with Gasteiger partial charge in [-0.15, -0.1) is 0 Å². The van der Waals surface area contributed by atoms with Crippen molar-refractivity contribution in [2.45, 2.75) is 45.6 Å². The van der Waals surface area contributed by atoms with Crippen molar-refractivity contribution in [3.63, 3.8) is 0 Å². The lowest BCUT2D eigenvalue weighted by Crippen LogP contribution is -2.33. The van der Waals surface area contributed by atoms with Gasteiger partial charge < -0.3 is 9.73 Å². The minimum atomic E-state index is -0.489. The molecule has 1 atom stereocenters. The third-order valence-corrected chi connectivity index (χ3v) is 6.20. The predicted octanol–water partition coefficient (Wildman–Crippen LogP) is 5.92. The minimum Gasteiger partial charge on any atom is -0.406 e. The molecule has 34 heavy (non-hydrogen) atoms. The lowest BCUT2D eigenvalue weighted by molar-refractivity contribution is -0.122. The Morgan fingerprint density at radius 2 is 1.53 bits per heavy atom. The third-order valence-electron chi connectivity index (χ3n) is 6.20. The van der Waals surface area contributed by atoms with E-state index in [0.29, 0.717) is 23.7 Å². The summed E-state index contributed by atoms with van der Waals surface area (Å²) in [4.78, 5) is 30.3. The predicted molar refractivity (Wildman–Crippen MR) is 135 cm³/mol. The largest absolute Gasteiger partial charge is 0.406 e. The molecule has 1 unspecified atom stereocenters. The van der Waals surface area contributed by atoms with Crippen LogP contribution in [-0.2, 0) is 4.79 Å². The summed E-state index contributed by atoms with van der Waals surface area (Å²) in [6.45, 7) is 5.81. The number of nitrogens with one attached hydrogen (secondary N) is 1. The molecule has 174 valence electrons. The first-order valence-electron chi connectivity index (χ1n) is 11.7. The molecule has 4 aromatic rings. The molecule has 0 aliphatic carbocycles. The number of hydrogen-bond acceptors (Lipinski definition) is 4. The minimum absolute atomic E-state index is 0.000836. The summed E-state index contributed by atoms with van der Waals surface area (Å²) in [5.74, 6) is 0.268. The zero-order valence-electron chi connectivity index (χ0n) is 19.8. The summed E-state index contributed by atoms with van der Waals surface area (Å²) in [6, 6.07) is 25.5. The van der Waals surface area contributed by atoms with Crippen LogP contribution < -0.4 is 10.9 Å². The zero-order valence-corrected chi connectivity index (χ0v) is 19.8. The summed E-state index contributed by atoms with van der Waals surface area (Å²) >= 11 is 0. The molecule has 3 aromatic carbocycles. The van der Waals surface area contributed by atoms with Gasteiger partial charge in [-0.2, -0.15) is 0 Å². The van der Waals surface area contributed by atoms with Crippen LogP contribution in [0.3, 0.4) is 0 Å². The van der Waals surface area contributed by atoms with Crippen LogP contribution in [0.1, 0.15) is 61.2 Å². The van der Waals surface area contributed by atoms with Crippen LogP contribution in [0.15, 0.2) is 88.1 Å². The quantitative estimate of drug-likeness (QED) is 0.359. The monoisotopic (exact) mass is 454 g/mol. The van der Waals surface area contributed by atoms with Crippen LogP contribution in [0.2, 0.25) is 0 Å². The lowest BCUT2D eigenvalue weighted by Gasteiger charge is -2.22. The molecular formula is C29H30N2O3. The molecule has 0 radical (unpaired) electrons. The van der Waals surface area contributed by atoms with E-state index in [1.807, 2.05) is 69.3 Å². The summed E-state index contributed by atoms with van der Waals surface area (Å²) < 4.78 is 5.58. The topological polar surface area (TPSA) is 72.2 Å². The van der Waals surface area contributed by atoms with Crippen molar-refractivity contribution in [1.82, 2.24) is 10.3 Å². The Morgan fingerprint density at radius 1 is 0.912 bits per heavy atom. The van der Waals surface area contributed by atoms with Gasteiger partial charge in [-0.25, -0.2) is 9.78 Å². The maximum atomic E-state index is 13.0. The van der Waals surface area contributed by atoms with Gasteiger partial charge in [-0.3, -0.25) is 4.79 Å². The molecular weight excluding hydrogens is 424 g/mol. The van der Waals surface area contributed by atoms with Crippen molar-refractivity contribution >= 4 is 16.8 Å². The molecule has 4 rings (SSSR count). The van der Waals surface area contributed by atoms with Crippen LogP contribution in [0.25, 0.3) is 10.9 Å². The van der Waals surface area contributed by atoms with Crippen LogP contribution in [0.4, 0.5) is 0 Å². The molecule has 1 heterocycles. The van der Waals surface area contributed by atoms with E-state index in [4.69, 9.17) is 4.42 Å². The van der Waals surface area contributed by atoms with Crippen LogP contribution in [0.5, 0.6) is 0 Å². The fourth-order valence-electron chi connectivity index (χ4n) is 4.36. The van der Waals surface area contributed by atoms with Crippen molar-refractivity contribution in [1.29, 1.82) is 0 Å². The first kappa shape index (κ1) is 23.4. The first-order valence-corrected chi connectivity index (χ1v) is 11.7. The van der Waals surface area contributed by atoms with E-state index < -0.39 is 11.7 Å². The van der Waals surface area contributed by atoms with Gasteiger partial charge in [0, 0.05) is 12.3 Å². The molecule has 0 saturated carbocycles. The second-order valence-corrected chi connectivity index (χ2v) is 9.01. The Bertz CT molecular complexity index is 1270. The highest BCUT2D eigenvalue weighted by Crippen LogP contribution is 2.29. The van der Waals surface area contributed by atoms with Gasteiger partial charge in [0.15, 0.2) is 0 Å². The van der Waals surface area contributed by atoms with Gasteiger partial charge in [0.2, 0.25) is 11.8 Å². The van der Waals surface area contributed by atoms with Gasteiger partial charge >= 0.3 is 5.63 Å². The summed E-state index contributed by atoms with van der Waals surface area (Å²) in [5, 5.41) is 3.54. The first-order chi connectivity index (χ1) is 16.4. The number of carbonyl (C=O) groups excluding carboxylic acids is 1. The Balaban J connectivity index is 1.53. The maximum absolute atomic E-state index is 13.0. The zero-order chi connectivity index (χ0) is 24.1. The molecule has 0 fully saturated rings. The van der Waals surface area contributed by atoms with E-state index >= 15 is 0 Å². The molecule has 0 bridgehead atoms. The van der Waals surface area contributed by atoms with Gasteiger partial charge in [-0.05, 0) is 42.0 Å². The molecule has 1 amide bonds. The number of hydrogen-bond donors (Lipinski definition) is 1. The number of fused-ring (bicyclic) bond motifs is 1. The number of amides is 1. The van der Waals surface area contributed by atoms with Crippen molar-refractivity contribution in [2.75, 3.05) is 0 Å². The fourth-order valence-corrected chi connectivity index (χ4v) is 4.36. The number of rotatable bonds is 8. The maximum Gasteiger partial charge on any atom is 0.347 e. The molecule has 5 heteroatoms. The highest BCUT2D eigenvalue weighted by molar-refractivity contribution is 5.80. The smallest absolute Gasteiger partial charge is 0.347 e. The second-order valence-electron chi connectivity index (χ2n) is 9.01. The summed E-state index contributed by atoms with van der Waals surface area (Å²) in [7, 11) is 0. The van der Waals surface area contributed by atoms with Crippen molar-refractivity contribution in [2.24, 2.45) is 5.92 Å². The Labute approximate surface area is 199 Å². The van der Waals surface area contributed by atoms with Crippen molar-refractivity contribution in [3.05, 3.63) is 112 Å². The molecule has 0 aliphatic heterocycles. The summed E-state index contributed by atoms with van der Waals surface area (Å²) in [6.07, 6.45) is 1.01. The normalized spacial score (nSPS) is 12.3. The lowest BCUT2D eigenvalue weighted by atomic mass is 9.87. The summed E-state index contributed by atoms with van der Waals surface area (Å²) in [5.41, 5.74) is 3.34. The van der Waals surface area contributed by atoms with E-state index in [9.17, 15) is 9.59 Å². The van der Waals surface area contributed by atoms with Gasteiger partial charge in [0.1, 0.15) is 6.04 Å². The van der Waals surface area contributed by atoms with Crippen LogP contribution in [0, 0.1) is 12.8 Å². The fraction of sp³-hybridized carbons (Fsp3) is 0.276. The van der Waals surface area contributed by atoms with Gasteiger partial charge in [-0.1, -0.05) is 86.6 Å². The van der Waals surface area contributed by atoms with E-state index in [2.05, 4.69) is 34.6 Å².